The summed E-state index contributed by atoms with van der Waals surface area (Å²) in [6.45, 7) is 0. The van der Waals surface area contributed by atoms with Gasteiger partial charge in [0.05, 0.1) is 16.1 Å². The molecular formula is C16H14ClN3OS. The Morgan fingerprint density at radius 1 is 1.18 bits per heavy atom. The molecule has 2 N–H and O–H groups in total. The highest BCUT2D eigenvalue weighted by molar-refractivity contribution is 7.99. The van der Waals surface area contributed by atoms with E-state index in [1.54, 1.807) is 11.8 Å². The minimum atomic E-state index is -0.0707. The topological polar surface area (TPSA) is 57.8 Å². The molecule has 22 heavy (non-hydrogen) atoms. The molecule has 0 aliphatic rings. The lowest BCUT2D eigenvalue weighted by Crippen LogP contribution is -2.13. The fraction of sp³-hybridized carbons (Fsp3) is 0.125. The SMILES string of the molecule is O=C(CCSc1ccccc1Cl)Nc1nc2ccccc2[nH]1. The first-order valence-electron chi connectivity index (χ1n) is 6.84. The number of benzene rings is 2. The summed E-state index contributed by atoms with van der Waals surface area (Å²) in [5.41, 5.74) is 1.74. The van der Waals surface area contributed by atoms with Crippen LogP contribution in [0, 0.1) is 0 Å². The van der Waals surface area contributed by atoms with E-state index in [1.807, 2.05) is 48.5 Å². The summed E-state index contributed by atoms with van der Waals surface area (Å²) in [5, 5.41) is 3.49. The summed E-state index contributed by atoms with van der Waals surface area (Å²) < 4.78 is 0. The zero-order valence-corrected chi connectivity index (χ0v) is 13.2. The van der Waals surface area contributed by atoms with E-state index in [1.165, 1.54) is 0 Å². The molecule has 1 aromatic heterocycles. The molecule has 3 rings (SSSR count). The molecule has 6 heteroatoms. The molecule has 112 valence electrons. The molecule has 3 aromatic rings. The molecule has 0 aliphatic carbocycles. The highest BCUT2D eigenvalue weighted by Gasteiger charge is 2.07. The van der Waals surface area contributed by atoms with E-state index < -0.39 is 0 Å². The van der Waals surface area contributed by atoms with Crippen molar-refractivity contribution in [2.24, 2.45) is 0 Å². The van der Waals surface area contributed by atoms with Crippen molar-refractivity contribution in [1.82, 2.24) is 9.97 Å². The van der Waals surface area contributed by atoms with Crippen LogP contribution in [0.2, 0.25) is 5.02 Å². The van der Waals surface area contributed by atoms with Crippen molar-refractivity contribution in [3.8, 4) is 0 Å². The molecule has 0 atom stereocenters. The third kappa shape index (κ3) is 3.61. The number of hydrogen-bond donors (Lipinski definition) is 2. The molecule has 1 heterocycles. The van der Waals surface area contributed by atoms with Crippen LogP contribution in [0.5, 0.6) is 0 Å². The van der Waals surface area contributed by atoms with E-state index in [4.69, 9.17) is 11.6 Å². The van der Waals surface area contributed by atoms with E-state index >= 15 is 0 Å². The molecule has 0 saturated carbocycles. The quantitative estimate of drug-likeness (QED) is 0.684. The fourth-order valence-corrected chi connectivity index (χ4v) is 3.21. The van der Waals surface area contributed by atoms with Crippen LogP contribution in [0.4, 0.5) is 5.95 Å². The number of aromatic amines is 1. The maximum absolute atomic E-state index is 11.9. The van der Waals surface area contributed by atoms with Gasteiger partial charge in [-0.3, -0.25) is 10.1 Å². The molecule has 0 unspecified atom stereocenters. The molecule has 0 bridgehead atoms. The van der Waals surface area contributed by atoms with E-state index in [9.17, 15) is 4.79 Å². The maximum Gasteiger partial charge on any atom is 0.227 e. The molecule has 0 saturated heterocycles. The maximum atomic E-state index is 11.9. The van der Waals surface area contributed by atoms with Crippen LogP contribution in [-0.2, 0) is 4.79 Å². The van der Waals surface area contributed by atoms with Crippen LogP contribution in [-0.4, -0.2) is 21.6 Å². The van der Waals surface area contributed by atoms with Crippen LogP contribution >= 0.6 is 23.4 Å². The van der Waals surface area contributed by atoms with Crippen LogP contribution in [0.3, 0.4) is 0 Å². The average Bonchev–Trinajstić information content (AvgIpc) is 2.91. The number of carbonyl (C=O) groups is 1. The number of amides is 1. The second-order valence-electron chi connectivity index (χ2n) is 4.68. The van der Waals surface area contributed by atoms with Gasteiger partial charge in [-0.1, -0.05) is 35.9 Å². The smallest absolute Gasteiger partial charge is 0.227 e. The molecule has 0 aliphatic heterocycles. The van der Waals surface area contributed by atoms with Gasteiger partial charge in [0.25, 0.3) is 0 Å². The van der Waals surface area contributed by atoms with Crippen LogP contribution < -0.4 is 5.32 Å². The summed E-state index contributed by atoms with van der Waals surface area (Å²) in [5.74, 6) is 1.07. The first-order chi connectivity index (χ1) is 10.7. The van der Waals surface area contributed by atoms with Gasteiger partial charge >= 0.3 is 0 Å². The third-order valence-corrected chi connectivity index (χ3v) is 4.59. The Morgan fingerprint density at radius 3 is 2.77 bits per heavy atom. The number of hydrogen-bond acceptors (Lipinski definition) is 3. The van der Waals surface area contributed by atoms with Gasteiger partial charge in [-0.2, -0.15) is 0 Å². The highest BCUT2D eigenvalue weighted by Crippen LogP contribution is 2.27. The largest absolute Gasteiger partial charge is 0.324 e. The number of H-pyrrole nitrogens is 1. The lowest BCUT2D eigenvalue weighted by atomic mass is 10.3. The lowest BCUT2D eigenvalue weighted by Gasteiger charge is -2.04. The lowest BCUT2D eigenvalue weighted by molar-refractivity contribution is -0.115. The second kappa shape index (κ2) is 6.85. The number of aromatic nitrogens is 2. The molecule has 0 fully saturated rings. The van der Waals surface area contributed by atoms with Crippen molar-refractivity contribution >= 4 is 46.3 Å². The fourth-order valence-electron chi connectivity index (χ4n) is 2.02. The summed E-state index contributed by atoms with van der Waals surface area (Å²) in [6, 6.07) is 15.3. The minimum Gasteiger partial charge on any atom is -0.324 e. The number of carbonyl (C=O) groups excluding carboxylic acids is 1. The van der Waals surface area contributed by atoms with Crippen LogP contribution in [0.15, 0.2) is 53.4 Å². The van der Waals surface area contributed by atoms with Gasteiger partial charge in [-0.15, -0.1) is 11.8 Å². The second-order valence-corrected chi connectivity index (χ2v) is 6.22. The third-order valence-electron chi connectivity index (χ3n) is 3.07. The molecule has 0 radical (unpaired) electrons. The van der Waals surface area contributed by atoms with Gasteiger partial charge in [-0.25, -0.2) is 4.98 Å². The zero-order chi connectivity index (χ0) is 15.4. The average molecular weight is 332 g/mol. The number of thioether (sulfide) groups is 1. The van der Waals surface area contributed by atoms with Crippen molar-refractivity contribution < 1.29 is 4.79 Å². The van der Waals surface area contributed by atoms with Gasteiger partial charge in [-0.05, 0) is 24.3 Å². The standard InChI is InChI=1S/C16H14ClN3OS/c17-11-5-1-4-8-14(11)22-10-9-15(21)20-16-18-12-6-2-3-7-13(12)19-16/h1-8H,9-10H2,(H2,18,19,20,21). The molecule has 0 spiro atoms. The van der Waals surface area contributed by atoms with E-state index in [0.717, 1.165) is 15.9 Å². The van der Waals surface area contributed by atoms with E-state index in [2.05, 4.69) is 15.3 Å². The summed E-state index contributed by atoms with van der Waals surface area (Å²) in [7, 11) is 0. The van der Waals surface area contributed by atoms with Crippen LogP contribution in [0.25, 0.3) is 11.0 Å². The van der Waals surface area contributed by atoms with E-state index in [-0.39, 0.29) is 5.91 Å². The van der Waals surface area contributed by atoms with Gasteiger partial charge in [0.2, 0.25) is 11.9 Å². The van der Waals surface area contributed by atoms with Crippen LogP contribution in [0.1, 0.15) is 6.42 Å². The van der Waals surface area contributed by atoms with Crippen molar-refractivity contribution in [2.45, 2.75) is 11.3 Å². The zero-order valence-electron chi connectivity index (χ0n) is 11.7. The Morgan fingerprint density at radius 2 is 1.95 bits per heavy atom. The predicted molar refractivity (Wildman–Crippen MR) is 91.5 cm³/mol. The molecule has 1 amide bonds. The highest BCUT2D eigenvalue weighted by atomic mass is 35.5. The number of nitrogens with one attached hydrogen (secondary N) is 2. The molecule has 4 nitrogen and oxygen atoms in total. The van der Waals surface area contributed by atoms with E-state index in [0.29, 0.717) is 23.1 Å². The number of nitrogens with zero attached hydrogens (tertiary/aromatic N) is 1. The number of fused-ring (bicyclic) bond motifs is 1. The Bertz CT molecular complexity index is 770. The normalized spacial score (nSPS) is 10.8. The number of rotatable bonds is 5. The minimum absolute atomic E-state index is 0.0707. The number of para-hydroxylation sites is 2. The summed E-state index contributed by atoms with van der Waals surface area (Å²) in [6.07, 6.45) is 0.396. The number of imidazole rings is 1. The Hall–Kier alpha value is -1.98. The van der Waals surface area contributed by atoms with Crippen molar-refractivity contribution in [3.05, 3.63) is 53.6 Å². The molecule has 2 aromatic carbocycles. The first kappa shape index (κ1) is 14.9. The van der Waals surface area contributed by atoms with Gasteiger partial charge in [0, 0.05) is 17.1 Å². The number of anilines is 1. The van der Waals surface area contributed by atoms with Crippen molar-refractivity contribution in [3.63, 3.8) is 0 Å². The summed E-state index contributed by atoms with van der Waals surface area (Å²) >= 11 is 7.65. The number of halogens is 1. The summed E-state index contributed by atoms with van der Waals surface area (Å²) in [4.78, 5) is 20.3. The van der Waals surface area contributed by atoms with Gasteiger partial charge in [0.15, 0.2) is 0 Å². The van der Waals surface area contributed by atoms with Crippen molar-refractivity contribution in [2.75, 3.05) is 11.1 Å². The molecular weight excluding hydrogens is 318 g/mol. The Balaban J connectivity index is 1.53. The predicted octanol–water partition coefficient (Wildman–Crippen LogP) is 4.34. The monoisotopic (exact) mass is 331 g/mol. The Kier molecular flexibility index (Phi) is 4.65. The van der Waals surface area contributed by atoms with Gasteiger partial charge < -0.3 is 4.98 Å². The van der Waals surface area contributed by atoms with Crippen molar-refractivity contribution in [1.29, 1.82) is 0 Å². The first-order valence-corrected chi connectivity index (χ1v) is 8.20. The van der Waals surface area contributed by atoms with Gasteiger partial charge in [0.1, 0.15) is 0 Å². The Labute approximate surface area is 137 Å².